The van der Waals surface area contributed by atoms with Crippen LogP contribution >= 0.6 is 0 Å². The van der Waals surface area contributed by atoms with Crippen molar-refractivity contribution >= 4 is 0 Å². The van der Waals surface area contributed by atoms with Gasteiger partial charge in [0.15, 0.2) is 0 Å². The van der Waals surface area contributed by atoms with Crippen molar-refractivity contribution in [2.45, 2.75) is 44.4 Å². The van der Waals surface area contributed by atoms with Gasteiger partial charge in [-0.05, 0) is 43.9 Å². The van der Waals surface area contributed by atoms with Crippen LogP contribution in [0.4, 0.5) is 13.2 Å². The van der Waals surface area contributed by atoms with E-state index in [0.717, 1.165) is 38.2 Å². The van der Waals surface area contributed by atoms with Crippen molar-refractivity contribution in [3.8, 4) is 11.8 Å². The summed E-state index contributed by atoms with van der Waals surface area (Å²) in [4.78, 5) is 0. The summed E-state index contributed by atoms with van der Waals surface area (Å²) < 4.78 is 43.9. The lowest BCUT2D eigenvalue weighted by Crippen LogP contribution is -2.20. The molecule has 0 radical (unpaired) electrons. The molecule has 0 aromatic heterocycles. The van der Waals surface area contributed by atoms with E-state index in [2.05, 4.69) is 0 Å². The smallest absolute Gasteiger partial charge is 0.417 e. The molecule has 0 N–H and O–H groups in total. The molecule has 19 heavy (non-hydrogen) atoms. The largest absolute Gasteiger partial charge is 0.490 e. The highest BCUT2D eigenvalue weighted by Gasteiger charge is 2.34. The van der Waals surface area contributed by atoms with Gasteiger partial charge in [-0.25, -0.2) is 0 Å². The van der Waals surface area contributed by atoms with Crippen molar-refractivity contribution in [2.24, 2.45) is 0 Å². The summed E-state index contributed by atoms with van der Waals surface area (Å²) in [6, 6.07) is 5.08. The Hall–Kier alpha value is -1.70. The summed E-state index contributed by atoms with van der Waals surface area (Å²) in [6.07, 6.45) is 0.462. The molecule has 0 bridgehead atoms. The second-order valence-electron chi connectivity index (χ2n) is 4.69. The number of nitriles is 1. The van der Waals surface area contributed by atoms with Gasteiger partial charge >= 0.3 is 6.18 Å². The lowest BCUT2D eigenvalue weighted by atomic mass is 9.97. The van der Waals surface area contributed by atoms with Crippen LogP contribution in [-0.2, 0) is 6.18 Å². The number of hydrogen-bond donors (Lipinski definition) is 0. The molecule has 102 valence electrons. The van der Waals surface area contributed by atoms with Gasteiger partial charge < -0.3 is 4.74 Å². The third-order valence-electron chi connectivity index (χ3n) is 3.27. The third-order valence-corrected chi connectivity index (χ3v) is 3.27. The van der Waals surface area contributed by atoms with Crippen LogP contribution in [-0.4, -0.2) is 6.10 Å². The van der Waals surface area contributed by atoms with Crippen molar-refractivity contribution in [3.05, 3.63) is 29.3 Å². The average molecular weight is 269 g/mol. The lowest BCUT2D eigenvalue weighted by molar-refractivity contribution is -0.137. The second kappa shape index (κ2) is 5.52. The van der Waals surface area contributed by atoms with Gasteiger partial charge in [-0.1, -0.05) is 6.42 Å². The molecule has 1 aromatic rings. The van der Waals surface area contributed by atoms with Gasteiger partial charge in [0, 0.05) is 0 Å². The van der Waals surface area contributed by atoms with Crippen molar-refractivity contribution in [3.63, 3.8) is 0 Å². The van der Waals surface area contributed by atoms with Gasteiger partial charge in [0.05, 0.1) is 23.3 Å². The molecule has 0 aliphatic heterocycles. The van der Waals surface area contributed by atoms with Crippen LogP contribution in [0.3, 0.4) is 0 Å². The van der Waals surface area contributed by atoms with Crippen LogP contribution in [0.5, 0.6) is 5.75 Å². The topological polar surface area (TPSA) is 33.0 Å². The van der Waals surface area contributed by atoms with E-state index in [1.807, 2.05) is 0 Å². The van der Waals surface area contributed by atoms with Gasteiger partial charge in [-0.2, -0.15) is 18.4 Å². The number of halogens is 3. The Morgan fingerprint density at radius 1 is 1.16 bits per heavy atom. The molecule has 1 saturated carbocycles. The summed E-state index contributed by atoms with van der Waals surface area (Å²) >= 11 is 0. The molecule has 1 fully saturated rings. The number of rotatable bonds is 2. The van der Waals surface area contributed by atoms with E-state index in [0.29, 0.717) is 0 Å². The summed E-state index contributed by atoms with van der Waals surface area (Å²) in [7, 11) is 0. The summed E-state index contributed by atoms with van der Waals surface area (Å²) in [5.74, 6) is 0.193. The van der Waals surface area contributed by atoms with Crippen molar-refractivity contribution < 1.29 is 17.9 Å². The first kappa shape index (κ1) is 13.7. The first-order valence-corrected chi connectivity index (χ1v) is 6.28. The molecule has 0 amide bonds. The average Bonchev–Trinajstić information content (AvgIpc) is 2.39. The SMILES string of the molecule is N#Cc1ccc(OC2CCCCC2)cc1C(F)(F)F. The van der Waals surface area contributed by atoms with E-state index in [1.165, 1.54) is 12.1 Å². The molecule has 2 rings (SSSR count). The number of hydrogen-bond acceptors (Lipinski definition) is 2. The Bertz CT molecular complexity index is 484. The normalized spacial score (nSPS) is 16.9. The highest BCUT2D eigenvalue weighted by molar-refractivity contribution is 5.44. The molecule has 0 unspecified atom stereocenters. The van der Waals surface area contributed by atoms with E-state index < -0.39 is 11.7 Å². The lowest BCUT2D eigenvalue weighted by Gasteiger charge is -2.23. The van der Waals surface area contributed by atoms with Gasteiger partial charge in [0.2, 0.25) is 0 Å². The van der Waals surface area contributed by atoms with Gasteiger partial charge in [0.1, 0.15) is 5.75 Å². The van der Waals surface area contributed by atoms with E-state index in [9.17, 15) is 13.2 Å². The fourth-order valence-corrected chi connectivity index (χ4v) is 2.30. The summed E-state index contributed by atoms with van der Waals surface area (Å²) in [6.45, 7) is 0. The standard InChI is InChI=1S/C14H14F3NO/c15-14(16,17)13-8-12(7-6-10(13)9-18)19-11-4-2-1-3-5-11/h6-8,11H,1-5H2. The minimum Gasteiger partial charge on any atom is -0.490 e. The number of benzene rings is 1. The maximum absolute atomic E-state index is 12.8. The highest BCUT2D eigenvalue weighted by atomic mass is 19.4. The van der Waals surface area contributed by atoms with Crippen molar-refractivity contribution in [1.82, 2.24) is 0 Å². The Kier molecular flexibility index (Phi) is 3.98. The second-order valence-corrected chi connectivity index (χ2v) is 4.69. The predicted molar refractivity (Wildman–Crippen MR) is 63.7 cm³/mol. The third kappa shape index (κ3) is 3.40. The molecular weight excluding hydrogens is 255 g/mol. The van der Waals surface area contributed by atoms with E-state index in [-0.39, 0.29) is 17.4 Å². The maximum atomic E-state index is 12.8. The van der Waals surface area contributed by atoms with Gasteiger partial charge in [-0.3, -0.25) is 0 Å². The molecule has 0 heterocycles. The van der Waals surface area contributed by atoms with Crippen molar-refractivity contribution in [1.29, 1.82) is 5.26 Å². The Morgan fingerprint density at radius 2 is 1.84 bits per heavy atom. The van der Waals surface area contributed by atoms with E-state index in [1.54, 1.807) is 6.07 Å². The van der Waals surface area contributed by atoms with Crippen LogP contribution in [0.1, 0.15) is 43.2 Å². The Balaban J connectivity index is 2.20. The molecule has 5 heteroatoms. The fraction of sp³-hybridized carbons (Fsp3) is 0.500. The Labute approximate surface area is 109 Å². The maximum Gasteiger partial charge on any atom is 0.417 e. The molecule has 1 aliphatic rings. The number of nitrogens with zero attached hydrogens (tertiary/aromatic N) is 1. The number of ether oxygens (including phenoxy) is 1. The fourth-order valence-electron chi connectivity index (χ4n) is 2.30. The highest BCUT2D eigenvalue weighted by Crippen LogP contribution is 2.35. The molecule has 1 aromatic carbocycles. The van der Waals surface area contributed by atoms with Crippen LogP contribution in [0.2, 0.25) is 0 Å². The van der Waals surface area contributed by atoms with Crippen LogP contribution in [0.15, 0.2) is 18.2 Å². The minimum atomic E-state index is -4.53. The predicted octanol–water partition coefficient (Wildman–Crippen LogP) is 4.29. The van der Waals surface area contributed by atoms with Gasteiger partial charge in [-0.15, -0.1) is 0 Å². The molecular formula is C14H14F3NO. The minimum absolute atomic E-state index is 0.0113. The number of alkyl halides is 3. The molecule has 0 saturated heterocycles. The van der Waals surface area contributed by atoms with E-state index >= 15 is 0 Å². The van der Waals surface area contributed by atoms with Gasteiger partial charge in [0.25, 0.3) is 0 Å². The zero-order valence-electron chi connectivity index (χ0n) is 10.3. The molecule has 2 nitrogen and oxygen atoms in total. The first-order chi connectivity index (χ1) is 9.00. The zero-order chi connectivity index (χ0) is 13.9. The molecule has 0 spiro atoms. The first-order valence-electron chi connectivity index (χ1n) is 6.28. The molecule has 1 aliphatic carbocycles. The van der Waals surface area contributed by atoms with E-state index in [4.69, 9.17) is 10.00 Å². The van der Waals surface area contributed by atoms with Crippen LogP contribution in [0, 0.1) is 11.3 Å². The Morgan fingerprint density at radius 3 is 2.42 bits per heavy atom. The quantitative estimate of drug-likeness (QED) is 0.802. The van der Waals surface area contributed by atoms with Crippen LogP contribution < -0.4 is 4.74 Å². The zero-order valence-corrected chi connectivity index (χ0v) is 10.3. The molecule has 0 atom stereocenters. The summed E-state index contributed by atoms with van der Waals surface area (Å²) in [5, 5.41) is 8.70. The summed E-state index contributed by atoms with van der Waals surface area (Å²) in [5.41, 5.74) is -1.30. The van der Waals surface area contributed by atoms with Crippen LogP contribution in [0.25, 0.3) is 0 Å². The monoisotopic (exact) mass is 269 g/mol. The van der Waals surface area contributed by atoms with Crippen molar-refractivity contribution in [2.75, 3.05) is 0 Å².